The summed E-state index contributed by atoms with van der Waals surface area (Å²) in [6, 6.07) is 14.0. The maximum Gasteiger partial charge on any atom is 0.259 e. The van der Waals surface area contributed by atoms with Crippen molar-refractivity contribution in [2.24, 2.45) is 0 Å². The summed E-state index contributed by atoms with van der Waals surface area (Å²) in [7, 11) is 1.52. The summed E-state index contributed by atoms with van der Waals surface area (Å²) in [5, 5.41) is 5.65. The number of carbonyl (C=O) groups is 2. The molecule has 2 aromatic carbocycles. The van der Waals surface area contributed by atoms with E-state index in [1.165, 1.54) is 7.11 Å². The van der Waals surface area contributed by atoms with Gasteiger partial charge in [-0.3, -0.25) is 9.59 Å². The lowest BCUT2D eigenvalue weighted by Gasteiger charge is -2.11. The van der Waals surface area contributed by atoms with Crippen molar-refractivity contribution in [1.29, 1.82) is 0 Å². The van der Waals surface area contributed by atoms with E-state index in [0.717, 1.165) is 0 Å². The van der Waals surface area contributed by atoms with Crippen molar-refractivity contribution in [3.05, 3.63) is 72.8 Å². The Hall–Kier alpha value is -3.61. The monoisotopic (exact) mass is 364 g/mol. The molecular formula is C20H20N4O3. The zero-order valence-electron chi connectivity index (χ0n) is 14.9. The van der Waals surface area contributed by atoms with Gasteiger partial charge in [-0.2, -0.15) is 0 Å². The summed E-state index contributed by atoms with van der Waals surface area (Å²) >= 11 is 0. The second-order valence-corrected chi connectivity index (χ2v) is 5.83. The lowest BCUT2D eigenvalue weighted by atomic mass is 10.2. The fourth-order valence-electron chi connectivity index (χ4n) is 2.58. The highest BCUT2D eigenvalue weighted by molar-refractivity contribution is 6.06. The van der Waals surface area contributed by atoms with Crippen molar-refractivity contribution in [3.63, 3.8) is 0 Å². The molecule has 0 unspecified atom stereocenters. The molecule has 0 saturated heterocycles. The Labute approximate surface area is 157 Å². The first-order valence-corrected chi connectivity index (χ1v) is 8.46. The van der Waals surface area contributed by atoms with Gasteiger partial charge in [0.05, 0.1) is 19.0 Å². The molecule has 0 spiro atoms. The van der Waals surface area contributed by atoms with Crippen LogP contribution in [0.3, 0.4) is 0 Å². The molecule has 1 aromatic heterocycles. The van der Waals surface area contributed by atoms with E-state index >= 15 is 0 Å². The second kappa shape index (κ2) is 8.66. The Morgan fingerprint density at radius 2 is 1.85 bits per heavy atom. The number of hydrogen-bond donors (Lipinski definition) is 2. The van der Waals surface area contributed by atoms with Crippen molar-refractivity contribution in [3.8, 4) is 5.75 Å². The molecule has 7 nitrogen and oxygen atoms in total. The molecule has 2 N–H and O–H groups in total. The summed E-state index contributed by atoms with van der Waals surface area (Å²) in [6.45, 7) is 0.552. The van der Waals surface area contributed by atoms with Crippen LogP contribution in [0.25, 0.3) is 0 Å². The third-order valence-electron chi connectivity index (χ3n) is 3.91. The summed E-state index contributed by atoms with van der Waals surface area (Å²) in [5.74, 6) is 0.104. The molecule has 0 radical (unpaired) electrons. The molecule has 7 heteroatoms. The second-order valence-electron chi connectivity index (χ2n) is 5.83. The van der Waals surface area contributed by atoms with Gasteiger partial charge >= 0.3 is 0 Å². The smallest absolute Gasteiger partial charge is 0.259 e. The number of imidazole rings is 1. The predicted molar refractivity (Wildman–Crippen MR) is 103 cm³/mol. The number of rotatable bonds is 7. The number of amides is 2. The van der Waals surface area contributed by atoms with Crippen molar-refractivity contribution >= 4 is 23.2 Å². The van der Waals surface area contributed by atoms with Crippen LogP contribution in [0, 0.1) is 0 Å². The van der Waals surface area contributed by atoms with Crippen molar-refractivity contribution in [2.75, 3.05) is 17.7 Å². The maximum atomic E-state index is 12.5. The SMILES string of the molecule is COc1ccccc1C(=O)Nc1cccc(NC(=O)CCn2ccnc2)c1. The van der Waals surface area contributed by atoms with Crippen LogP contribution < -0.4 is 15.4 Å². The summed E-state index contributed by atoms with van der Waals surface area (Å²) < 4.78 is 7.05. The Bertz CT molecular complexity index is 922. The number of benzene rings is 2. The van der Waals surface area contributed by atoms with E-state index in [4.69, 9.17) is 4.74 Å². The number of ether oxygens (including phenoxy) is 1. The van der Waals surface area contributed by atoms with Gasteiger partial charge in [-0.1, -0.05) is 18.2 Å². The quantitative estimate of drug-likeness (QED) is 0.674. The molecule has 3 aromatic rings. The van der Waals surface area contributed by atoms with Crippen molar-refractivity contribution < 1.29 is 14.3 Å². The largest absolute Gasteiger partial charge is 0.496 e. The molecule has 138 valence electrons. The Kier molecular flexibility index (Phi) is 5.84. The van der Waals surface area contributed by atoms with Crippen molar-refractivity contribution in [2.45, 2.75) is 13.0 Å². The van der Waals surface area contributed by atoms with E-state index in [0.29, 0.717) is 35.7 Å². The zero-order valence-corrected chi connectivity index (χ0v) is 14.9. The fraction of sp³-hybridized carbons (Fsp3) is 0.150. The van der Waals surface area contributed by atoms with Gasteiger partial charge in [-0.15, -0.1) is 0 Å². The summed E-state index contributed by atoms with van der Waals surface area (Å²) in [4.78, 5) is 28.5. The van der Waals surface area contributed by atoms with Crippen LogP contribution in [0.1, 0.15) is 16.8 Å². The average Bonchev–Trinajstić information content (AvgIpc) is 3.20. The van der Waals surface area contributed by atoms with E-state index in [-0.39, 0.29) is 11.8 Å². The van der Waals surface area contributed by atoms with Crippen molar-refractivity contribution in [1.82, 2.24) is 9.55 Å². The number of anilines is 2. The number of hydrogen-bond acceptors (Lipinski definition) is 4. The normalized spacial score (nSPS) is 10.3. The van der Waals surface area contributed by atoms with E-state index < -0.39 is 0 Å². The molecule has 0 bridgehead atoms. The van der Waals surface area contributed by atoms with Crippen LogP contribution >= 0.6 is 0 Å². The fourth-order valence-corrected chi connectivity index (χ4v) is 2.58. The van der Waals surface area contributed by atoms with E-state index in [2.05, 4.69) is 15.6 Å². The predicted octanol–water partition coefficient (Wildman–Crippen LogP) is 3.17. The first-order chi connectivity index (χ1) is 13.2. The Morgan fingerprint density at radius 1 is 1.07 bits per heavy atom. The number of para-hydroxylation sites is 1. The van der Waals surface area contributed by atoms with Gasteiger partial charge in [0, 0.05) is 36.7 Å². The average molecular weight is 364 g/mol. The maximum absolute atomic E-state index is 12.5. The minimum absolute atomic E-state index is 0.114. The highest BCUT2D eigenvalue weighted by Crippen LogP contribution is 2.21. The van der Waals surface area contributed by atoms with Crippen LogP contribution in [0.15, 0.2) is 67.3 Å². The van der Waals surface area contributed by atoms with E-state index in [1.807, 2.05) is 4.57 Å². The number of aromatic nitrogens is 2. The van der Waals surface area contributed by atoms with Gasteiger partial charge in [0.25, 0.3) is 5.91 Å². The lowest BCUT2D eigenvalue weighted by Crippen LogP contribution is -2.15. The van der Waals surface area contributed by atoms with Gasteiger partial charge in [-0.05, 0) is 30.3 Å². The minimum atomic E-state index is -0.281. The van der Waals surface area contributed by atoms with Crippen LogP contribution in [0.2, 0.25) is 0 Å². The molecule has 2 amide bonds. The number of methoxy groups -OCH3 is 1. The first-order valence-electron chi connectivity index (χ1n) is 8.46. The summed E-state index contributed by atoms with van der Waals surface area (Å²) in [5.41, 5.74) is 1.64. The van der Waals surface area contributed by atoms with Gasteiger partial charge in [-0.25, -0.2) is 4.98 Å². The molecular weight excluding hydrogens is 344 g/mol. The van der Waals surface area contributed by atoms with Gasteiger partial charge in [0.2, 0.25) is 5.91 Å². The molecule has 3 rings (SSSR count). The molecule has 0 saturated carbocycles. The molecule has 0 aliphatic rings. The number of nitrogens with one attached hydrogen (secondary N) is 2. The molecule has 0 aliphatic carbocycles. The summed E-state index contributed by atoms with van der Waals surface area (Å²) in [6.07, 6.45) is 5.47. The number of nitrogens with zero attached hydrogens (tertiary/aromatic N) is 2. The van der Waals surface area contributed by atoms with E-state index in [9.17, 15) is 9.59 Å². The highest BCUT2D eigenvalue weighted by atomic mass is 16.5. The van der Waals surface area contributed by atoms with Crippen LogP contribution in [0.5, 0.6) is 5.75 Å². The third-order valence-corrected chi connectivity index (χ3v) is 3.91. The Morgan fingerprint density at radius 3 is 2.59 bits per heavy atom. The topological polar surface area (TPSA) is 85.3 Å². The standard InChI is InChI=1S/C20H20N4O3/c1-27-18-8-3-2-7-17(18)20(26)23-16-6-4-5-15(13-16)22-19(25)9-11-24-12-10-21-14-24/h2-8,10,12-14H,9,11H2,1H3,(H,22,25)(H,23,26). The molecule has 0 fully saturated rings. The van der Waals surface area contributed by atoms with Gasteiger partial charge in [0.1, 0.15) is 5.75 Å². The number of carbonyl (C=O) groups excluding carboxylic acids is 2. The van der Waals surface area contributed by atoms with Crippen LogP contribution in [-0.2, 0) is 11.3 Å². The zero-order chi connectivity index (χ0) is 19.1. The third kappa shape index (κ3) is 4.94. The molecule has 1 heterocycles. The van der Waals surface area contributed by atoms with E-state index in [1.54, 1.807) is 67.3 Å². The van der Waals surface area contributed by atoms with Crippen LogP contribution in [-0.4, -0.2) is 28.5 Å². The van der Waals surface area contributed by atoms with Gasteiger partial charge in [0.15, 0.2) is 0 Å². The Balaban J connectivity index is 1.61. The van der Waals surface area contributed by atoms with Gasteiger partial charge < -0.3 is 19.9 Å². The van der Waals surface area contributed by atoms with Crippen LogP contribution in [0.4, 0.5) is 11.4 Å². The number of aryl methyl sites for hydroxylation is 1. The molecule has 27 heavy (non-hydrogen) atoms. The first kappa shape index (κ1) is 18.2. The highest BCUT2D eigenvalue weighted by Gasteiger charge is 2.12. The minimum Gasteiger partial charge on any atom is -0.496 e. The lowest BCUT2D eigenvalue weighted by molar-refractivity contribution is -0.116. The molecule has 0 aliphatic heterocycles. The molecule has 0 atom stereocenters.